The molecule has 1 N–H and O–H groups in total. The second-order valence-electron chi connectivity index (χ2n) is 8.76. The van der Waals surface area contributed by atoms with Crippen LogP contribution in [0.4, 0.5) is 0 Å². The molecule has 178 valence electrons. The third-order valence-electron chi connectivity index (χ3n) is 6.26. The minimum Gasteiger partial charge on any atom is -0.454 e. The van der Waals surface area contributed by atoms with Crippen LogP contribution < -0.4 is 20.0 Å². The molecule has 5 aromatic rings. The highest BCUT2D eigenvalue weighted by atomic mass is 16.7. The van der Waals surface area contributed by atoms with E-state index in [2.05, 4.69) is 16.8 Å². The van der Waals surface area contributed by atoms with E-state index in [4.69, 9.17) is 9.47 Å². The normalized spacial score (nSPS) is 12.0. The Balaban J connectivity index is 1.44. The zero-order valence-electron chi connectivity index (χ0n) is 20.2. The smallest absolute Gasteiger partial charge is 0.350 e. The molecular formula is C32H23N2O3+. The van der Waals surface area contributed by atoms with E-state index in [9.17, 15) is 4.79 Å². The van der Waals surface area contributed by atoms with Gasteiger partial charge in [-0.3, -0.25) is 0 Å². The maximum absolute atomic E-state index is 13.7. The molecule has 2 heterocycles. The molecule has 1 aromatic heterocycles. The molecule has 4 aromatic carbocycles. The fourth-order valence-corrected chi connectivity index (χ4v) is 4.40. The predicted molar refractivity (Wildman–Crippen MR) is 145 cm³/mol. The van der Waals surface area contributed by atoms with Gasteiger partial charge in [0.05, 0.1) is 0 Å². The highest BCUT2D eigenvalue weighted by molar-refractivity contribution is 5.76. The molecule has 1 aliphatic rings. The van der Waals surface area contributed by atoms with Crippen LogP contribution in [-0.4, -0.2) is 11.4 Å². The van der Waals surface area contributed by atoms with Gasteiger partial charge >= 0.3 is 5.56 Å². The van der Waals surface area contributed by atoms with Gasteiger partial charge in [-0.2, -0.15) is 4.57 Å². The summed E-state index contributed by atoms with van der Waals surface area (Å²) in [5.41, 5.74) is 5.21. The van der Waals surface area contributed by atoms with Crippen LogP contribution >= 0.6 is 0 Å². The van der Waals surface area contributed by atoms with Crippen molar-refractivity contribution < 1.29 is 14.5 Å². The van der Waals surface area contributed by atoms with Crippen LogP contribution in [0.3, 0.4) is 0 Å². The Morgan fingerprint density at radius 3 is 2.46 bits per heavy atom. The molecular weight excluding hydrogens is 460 g/mol. The van der Waals surface area contributed by atoms with Crippen LogP contribution in [0.1, 0.15) is 28.1 Å². The summed E-state index contributed by atoms with van der Waals surface area (Å²) in [6, 6.07) is 29.1. The van der Waals surface area contributed by atoms with Crippen molar-refractivity contribution >= 4 is 23.1 Å². The van der Waals surface area contributed by atoms with E-state index in [0.29, 0.717) is 17.0 Å². The summed E-state index contributed by atoms with van der Waals surface area (Å²) in [5, 5.41) is 0.620. The molecule has 0 saturated carbocycles. The monoisotopic (exact) mass is 483 g/mol. The first-order valence-corrected chi connectivity index (χ1v) is 12.0. The zero-order chi connectivity index (χ0) is 25.2. The molecule has 1 aliphatic heterocycles. The van der Waals surface area contributed by atoms with Crippen molar-refractivity contribution in [2.75, 3.05) is 6.79 Å². The van der Waals surface area contributed by atoms with Crippen molar-refractivity contribution in [3.05, 3.63) is 129 Å². The second kappa shape index (κ2) is 9.52. The van der Waals surface area contributed by atoms with Gasteiger partial charge in [-0.15, -0.1) is 0 Å². The fourth-order valence-electron chi connectivity index (χ4n) is 4.40. The summed E-state index contributed by atoms with van der Waals surface area (Å²) in [6.07, 6.45) is 3.86. The summed E-state index contributed by atoms with van der Waals surface area (Å²) in [5.74, 6) is 8.53. The molecule has 5 heteroatoms. The SMILES string of the molecule is Cc1cc(C#Cc2ccccc2)ccc1-n1c(/C=C/c2ccc3c(c2)OCO3)[nH+]c2ccccc2c1=O. The first-order chi connectivity index (χ1) is 18.2. The maximum Gasteiger partial charge on any atom is 0.350 e. The molecule has 37 heavy (non-hydrogen) atoms. The number of nitrogens with one attached hydrogen (secondary N) is 1. The lowest BCUT2D eigenvalue weighted by Crippen LogP contribution is -2.30. The molecule has 0 spiro atoms. The average Bonchev–Trinajstić information content (AvgIpc) is 3.40. The number of aromatic amines is 1. The first-order valence-electron chi connectivity index (χ1n) is 12.0. The van der Waals surface area contributed by atoms with Crippen LogP contribution in [0, 0.1) is 18.8 Å². The highest BCUT2D eigenvalue weighted by Gasteiger charge is 2.20. The lowest BCUT2D eigenvalue weighted by Gasteiger charge is -2.08. The number of nitrogens with zero attached hydrogens (tertiary/aromatic N) is 1. The van der Waals surface area contributed by atoms with Crippen molar-refractivity contribution in [3.63, 3.8) is 0 Å². The van der Waals surface area contributed by atoms with E-state index in [1.165, 1.54) is 0 Å². The van der Waals surface area contributed by atoms with E-state index >= 15 is 0 Å². The molecule has 0 saturated heterocycles. The van der Waals surface area contributed by atoms with Gasteiger partial charge in [0.25, 0.3) is 5.82 Å². The third kappa shape index (κ3) is 4.49. The molecule has 0 bridgehead atoms. The molecule has 6 rings (SSSR count). The standard InChI is InChI=1S/C32H22N2O3/c1-22-19-24(12-11-23-7-3-2-4-8-23)13-16-28(22)34-31(33-27-10-6-5-9-26(27)32(34)35)18-15-25-14-17-29-30(20-25)37-21-36-29/h2-10,13-20H,21H2,1H3/p+1/b18-15+. The van der Waals surface area contributed by atoms with E-state index in [1.807, 2.05) is 110 Å². The Morgan fingerprint density at radius 1 is 0.811 bits per heavy atom. The van der Waals surface area contributed by atoms with Crippen molar-refractivity contribution in [2.45, 2.75) is 6.92 Å². The minimum absolute atomic E-state index is 0.0918. The fraction of sp³-hybridized carbons (Fsp3) is 0.0625. The Bertz CT molecular complexity index is 1790. The van der Waals surface area contributed by atoms with E-state index < -0.39 is 0 Å². The lowest BCUT2D eigenvalue weighted by molar-refractivity contribution is -0.355. The maximum atomic E-state index is 13.7. The van der Waals surface area contributed by atoms with Crippen LogP contribution in [0.5, 0.6) is 11.5 Å². The second-order valence-corrected chi connectivity index (χ2v) is 8.76. The molecule has 0 radical (unpaired) electrons. The number of aromatic nitrogens is 2. The number of para-hydroxylation sites is 1. The Labute approximate surface area is 214 Å². The number of hydrogen-bond acceptors (Lipinski definition) is 3. The van der Waals surface area contributed by atoms with E-state index in [1.54, 1.807) is 4.57 Å². The van der Waals surface area contributed by atoms with E-state index in [0.717, 1.165) is 39.2 Å². The van der Waals surface area contributed by atoms with Crippen LogP contribution in [0.25, 0.3) is 28.7 Å². The molecule has 0 atom stereocenters. The lowest BCUT2D eigenvalue weighted by atomic mass is 10.1. The van der Waals surface area contributed by atoms with Crippen molar-refractivity contribution in [3.8, 4) is 29.0 Å². The van der Waals surface area contributed by atoms with E-state index in [-0.39, 0.29) is 12.4 Å². The summed E-state index contributed by atoms with van der Waals surface area (Å²) >= 11 is 0. The van der Waals surface area contributed by atoms with Gasteiger partial charge in [-0.1, -0.05) is 48.2 Å². The average molecular weight is 484 g/mol. The highest BCUT2D eigenvalue weighted by Crippen LogP contribution is 2.33. The van der Waals surface area contributed by atoms with Gasteiger partial charge in [0.1, 0.15) is 16.6 Å². The number of rotatable bonds is 3. The first kappa shape index (κ1) is 22.4. The molecule has 0 fully saturated rings. The third-order valence-corrected chi connectivity index (χ3v) is 6.26. The van der Waals surface area contributed by atoms with Crippen LogP contribution in [-0.2, 0) is 0 Å². The number of benzene rings is 4. The number of hydrogen-bond donors (Lipinski definition) is 0. The number of H-pyrrole nitrogens is 1. The van der Waals surface area contributed by atoms with Crippen molar-refractivity contribution in [1.82, 2.24) is 4.57 Å². The number of ether oxygens (including phenoxy) is 2. The van der Waals surface area contributed by atoms with Gasteiger partial charge in [0.2, 0.25) is 6.79 Å². The summed E-state index contributed by atoms with van der Waals surface area (Å²) in [7, 11) is 0. The van der Waals surface area contributed by atoms with Crippen LogP contribution in [0.2, 0.25) is 0 Å². The topological polar surface area (TPSA) is 54.6 Å². The number of aryl methyl sites for hydroxylation is 1. The van der Waals surface area contributed by atoms with Gasteiger partial charge in [0, 0.05) is 17.2 Å². The summed E-state index contributed by atoms with van der Waals surface area (Å²) in [6.45, 7) is 2.22. The predicted octanol–water partition coefficient (Wildman–Crippen LogP) is 5.41. The summed E-state index contributed by atoms with van der Waals surface area (Å²) < 4.78 is 12.6. The molecule has 0 aliphatic carbocycles. The number of fused-ring (bicyclic) bond motifs is 2. The quantitative estimate of drug-likeness (QED) is 0.323. The summed E-state index contributed by atoms with van der Waals surface area (Å²) in [4.78, 5) is 17.1. The zero-order valence-corrected chi connectivity index (χ0v) is 20.2. The van der Waals surface area contributed by atoms with Crippen molar-refractivity contribution in [1.29, 1.82) is 0 Å². The van der Waals surface area contributed by atoms with Gasteiger partial charge < -0.3 is 9.47 Å². The van der Waals surface area contributed by atoms with Crippen molar-refractivity contribution in [2.24, 2.45) is 0 Å². The Hall–Kier alpha value is -5.08. The molecule has 0 amide bonds. The van der Waals surface area contributed by atoms with Crippen LogP contribution in [0.15, 0.2) is 95.8 Å². The largest absolute Gasteiger partial charge is 0.454 e. The van der Waals surface area contributed by atoms with Gasteiger partial charge in [-0.25, -0.2) is 9.78 Å². The Kier molecular flexibility index (Phi) is 5.76. The Morgan fingerprint density at radius 2 is 1.59 bits per heavy atom. The molecule has 5 nitrogen and oxygen atoms in total. The van der Waals surface area contributed by atoms with Gasteiger partial charge in [-0.05, 0) is 78.7 Å². The van der Waals surface area contributed by atoms with Gasteiger partial charge in [0.15, 0.2) is 11.5 Å². The molecule has 0 unspecified atom stereocenters. The minimum atomic E-state index is -0.0918.